The minimum Gasteiger partial charge on any atom is -0.519 e. The van der Waals surface area contributed by atoms with Gasteiger partial charge in [-0.25, -0.2) is 4.79 Å². The van der Waals surface area contributed by atoms with Gasteiger partial charge in [-0.15, -0.1) is 0 Å². The summed E-state index contributed by atoms with van der Waals surface area (Å²) in [6.45, 7) is 0. The van der Waals surface area contributed by atoms with E-state index >= 15 is 0 Å². The molecule has 26 heavy (non-hydrogen) atoms. The van der Waals surface area contributed by atoms with Crippen molar-refractivity contribution in [1.29, 1.82) is 0 Å². The zero-order chi connectivity index (χ0) is 17.5. The zero-order valence-corrected chi connectivity index (χ0v) is 13.7. The molecule has 2 heterocycles. The van der Waals surface area contributed by atoms with Crippen molar-refractivity contribution in [3.8, 4) is 22.8 Å². The molecule has 0 aliphatic carbocycles. The van der Waals surface area contributed by atoms with E-state index in [1.165, 1.54) is 0 Å². The van der Waals surface area contributed by atoms with E-state index in [0.29, 0.717) is 28.1 Å². The van der Waals surface area contributed by atoms with Crippen LogP contribution in [0.5, 0.6) is 11.5 Å². The third-order valence-corrected chi connectivity index (χ3v) is 4.47. The topological polar surface area (TPSA) is 48.7 Å². The minimum atomic E-state index is -0.683. The lowest BCUT2D eigenvalue weighted by Crippen LogP contribution is -2.41. The molecule has 0 amide bonds. The summed E-state index contributed by atoms with van der Waals surface area (Å²) in [7, 11) is -0.683. The highest BCUT2D eigenvalue weighted by Gasteiger charge is 2.39. The highest BCUT2D eigenvalue weighted by Crippen LogP contribution is 2.34. The second-order valence-electron chi connectivity index (χ2n) is 6.06. The normalized spacial score (nSPS) is 12.5. The lowest BCUT2D eigenvalue weighted by molar-refractivity contribution is 0.509. The molecule has 5 rings (SSSR count). The van der Waals surface area contributed by atoms with Crippen LogP contribution in [0.1, 0.15) is 0 Å². The Morgan fingerprint density at radius 3 is 1.92 bits per heavy atom. The molecule has 4 nitrogen and oxygen atoms in total. The number of benzene rings is 3. The number of para-hydroxylation sites is 2. The Bertz CT molecular complexity index is 1140. The fourth-order valence-electron chi connectivity index (χ4n) is 3.28. The van der Waals surface area contributed by atoms with Crippen LogP contribution in [0.25, 0.3) is 22.1 Å². The molecule has 0 saturated carbocycles. The van der Waals surface area contributed by atoms with Gasteiger partial charge in [0.15, 0.2) is 0 Å². The standard InChI is InChI=1S/C21H13BO4/c23-21-16-11-5-4-10-15(16)19(20(24-21)14-8-2-1-3-9-14)22-25-17-12-6-7-13-18(17)26-22/h1-13H. The quantitative estimate of drug-likeness (QED) is 0.523. The predicted molar refractivity (Wildman–Crippen MR) is 101 cm³/mol. The van der Waals surface area contributed by atoms with Crippen molar-refractivity contribution in [1.82, 2.24) is 0 Å². The third-order valence-electron chi connectivity index (χ3n) is 4.47. The van der Waals surface area contributed by atoms with Crippen LogP contribution in [0, 0.1) is 0 Å². The van der Waals surface area contributed by atoms with Gasteiger partial charge in [-0.2, -0.15) is 0 Å². The third kappa shape index (κ3) is 2.29. The van der Waals surface area contributed by atoms with Gasteiger partial charge in [-0.3, -0.25) is 0 Å². The van der Waals surface area contributed by atoms with Crippen LogP contribution in [-0.4, -0.2) is 7.12 Å². The maximum absolute atomic E-state index is 12.5. The Morgan fingerprint density at radius 1 is 0.654 bits per heavy atom. The van der Waals surface area contributed by atoms with Gasteiger partial charge in [0.1, 0.15) is 17.3 Å². The summed E-state index contributed by atoms with van der Waals surface area (Å²) in [5, 5.41) is 1.27. The van der Waals surface area contributed by atoms with Crippen LogP contribution in [0.15, 0.2) is 88.1 Å². The molecule has 1 aliphatic heterocycles. The summed E-state index contributed by atoms with van der Waals surface area (Å²) in [6.07, 6.45) is 0. The van der Waals surface area contributed by atoms with Crippen LogP contribution >= 0.6 is 0 Å². The first kappa shape index (κ1) is 14.8. The molecule has 1 aromatic heterocycles. The van der Waals surface area contributed by atoms with Gasteiger partial charge in [0, 0.05) is 5.56 Å². The maximum atomic E-state index is 12.5. The van der Waals surface area contributed by atoms with E-state index in [1.54, 1.807) is 6.07 Å². The van der Waals surface area contributed by atoms with Crippen LogP contribution in [0.2, 0.25) is 0 Å². The van der Waals surface area contributed by atoms with Crippen molar-refractivity contribution in [3.63, 3.8) is 0 Å². The van der Waals surface area contributed by atoms with Gasteiger partial charge in [0.25, 0.3) is 0 Å². The first-order chi connectivity index (χ1) is 12.8. The van der Waals surface area contributed by atoms with Crippen LogP contribution in [-0.2, 0) is 0 Å². The molecule has 1 aliphatic rings. The van der Waals surface area contributed by atoms with Gasteiger partial charge < -0.3 is 13.7 Å². The van der Waals surface area contributed by atoms with Crippen LogP contribution in [0.4, 0.5) is 0 Å². The van der Waals surface area contributed by atoms with Gasteiger partial charge in [0.2, 0.25) is 0 Å². The Hall–Kier alpha value is -3.47. The Balaban J connectivity index is 1.78. The number of hydrogen-bond donors (Lipinski definition) is 0. The van der Waals surface area contributed by atoms with Crippen molar-refractivity contribution in [2.24, 2.45) is 0 Å². The molecule has 5 heteroatoms. The van der Waals surface area contributed by atoms with E-state index < -0.39 is 7.12 Å². The second-order valence-corrected chi connectivity index (χ2v) is 6.06. The van der Waals surface area contributed by atoms with Gasteiger partial charge in [-0.1, -0.05) is 60.7 Å². The van der Waals surface area contributed by atoms with Crippen LogP contribution < -0.4 is 20.4 Å². The molecule has 0 spiro atoms. The fourth-order valence-corrected chi connectivity index (χ4v) is 3.28. The van der Waals surface area contributed by atoms with Gasteiger partial charge >= 0.3 is 12.7 Å². The van der Waals surface area contributed by atoms with Crippen LogP contribution in [0.3, 0.4) is 0 Å². The van der Waals surface area contributed by atoms with E-state index in [9.17, 15) is 4.79 Å². The Kier molecular flexibility index (Phi) is 3.32. The molecule has 3 aromatic carbocycles. The van der Waals surface area contributed by atoms with E-state index in [-0.39, 0.29) is 5.63 Å². The van der Waals surface area contributed by atoms with E-state index in [2.05, 4.69) is 0 Å². The van der Waals surface area contributed by atoms with Gasteiger partial charge in [-0.05, 0) is 23.6 Å². The fraction of sp³-hybridized carbons (Fsp3) is 0. The molecule has 0 N–H and O–H groups in total. The predicted octanol–water partition coefficient (Wildman–Crippen LogP) is 3.63. The number of hydrogen-bond acceptors (Lipinski definition) is 4. The second kappa shape index (κ2) is 5.81. The molecule has 0 fully saturated rings. The summed E-state index contributed by atoms with van der Waals surface area (Å²) >= 11 is 0. The van der Waals surface area contributed by atoms with E-state index in [4.69, 9.17) is 13.7 Å². The van der Waals surface area contributed by atoms with Crippen molar-refractivity contribution in [3.05, 3.63) is 89.3 Å². The zero-order valence-electron chi connectivity index (χ0n) is 13.7. The largest absolute Gasteiger partial charge is 0.637 e. The SMILES string of the molecule is O=c1oc(-c2ccccc2)c(B2Oc3ccccc3O2)c2ccccc12. The van der Waals surface area contributed by atoms with Crippen molar-refractivity contribution < 1.29 is 13.7 Å². The van der Waals surface area contributed by atoms with E-state index in [1.807, 2.05) is 72.8 Å². The molecule has 0 bridgehead atoms. The van der Waals surface area contributed by atoms with Crippen molar-refractivity contribution >= 4 is 23.4 Å². The molecule has 124 valence electrons. The smallest absolute Gasteiger partial charge is 0.519 e. The summed E-state index contributed by atoms with van der Waals surface area (Å²) in [6, 6.07) is 24.4. The van der Waals surface area contributed by atoms with Crippen molar-refractivity contribution in [2.45, 2.75) is 0 Å². The Labute approximate surface area is 149 Å². The molecule has 0 saturated heterocycles. The summed E-state index contributed by atoms with van der Waals surface area (Å²) < 4.78 is 17.7. The molecule has 0 atom stereocenters. The molecule has 0 radical (unpaired) electrons. The highest BCUT2D eigenvalue weighted by molar-refractivity contribution is 6.68. The number of fused-ring (bicyclic) bond motifs is 2. The lowest BCUT2D eigenvalue weighted by atomic mass is 9.74. The summed E-state index contributed by atoms with van der Waals surface area (Å²) in [5.41, 5.74) is 1.13. The first-order valence-electron chi connectivity index (χ1n) is 8.35. The highest BCUT2D eigenvalue weighted by atomic mass is 16.6. The average Bonchev–Trinajstić information content (AvgIpc) is 3.12. The lowest BCUT2D eigenvalue weighted by Gasteiger charge is -2.13. The number of rotatable bonds is 2. The maximum Gasteiger partial charge on any atom is 0.637 e. The molecular weight excluding hydrogens is 327 g/mol. The Morgan fingerprint density at radius 2 is 1.23 bits per heavy atom. The van der Waals surface area contributed by atoms with E-state index in [0.717, 1.165) is 10.9 Å². The molecule has 4 aromatic rings. The average molecular weight is 340 g/mol. The molecular formula is C21H13BO4. The van der Waals surface area contributed by atoms with Gasteiger partial charge in [0.05, 0.1) is 10.8 Å². The minimum absolute atomic E-state index is 0.376. The summed E-state index contributed by atoms with van der Waals surface area (Å²) in [5.74, 6) is 1.81. The summed E-state index contributed by atoms with van der Waals surface area (Å²) in [4.78, 5) is 12.5. The monoisotopic (exact) mass is 340 g/mol. The first-order valence-corrected chi connectivity index (χ1v) is 8.35. The van der Waals surface area contributed by atoms with Crippen molar-refractivity contribution in [2.75, 3.05) is 0 Å². The molecule has 0 unspecified atom stereocenters.